The quantitative estimate of drug-likeness (QED) is 0.0261. The molecule has 5 saturated heterocycles. The van der Waals surface area contributed by atoms with Crippen molar-refractivity contribution >= 4 is 90.8 Å². The van der Waals surface area contributed by atoms with E-state index in [1.165, 1.54) is 43.1 Å². The van der Waals surface area contributed by atoms with E-state index in [4.69, 9.17) is 14.2 Å². The zero-order valence-corrected chi connectivity index (χ0v) is 81.0. The van der Waals surface area contributed by atoms with Gasteiger partial charge in [0.2, 0.25) is 17.7 Å². The van der Waals surface area contributed by atoms with Crippen molar-refractivity contribution in [1.82, 2.24) is 99.9 Å². The third-order valence-electron chi connectivity index (χ3n) is 28.6. The van der Waals surface area contributed by atoms with Gasteiger partial charge in [-0.05, 0) is 208 Å². The summed E-state index contributed by atoms with van der Waals surface area (Å²) in [6, 6.07) is 57.2. The van der Waals surface area contributed by atoms with E-state index >= 15 is 0 Å². The van der Waals surface area contributed by atoms with Crippen molar-refractivity contribution in [3.8, 4) is 67.9 Å². The number of alkyl halides is 3. The second-order valence-corrected chi connectivity index (χ2v) is 37.6. The van der Waals surface area contributed by atoms with Crippen LogP contribution in [-0.2, 0) is 55.8 Å². The molecule has 5 fully saturated rings. The molecule has 8 aromatic heterocycles. The number of nitrogens with zero attached hydrogens (tertiary/aromatic N) is 17. The van der Waals surface area contributed by atoms with Crippen LogP contribution in [0, 0.1) is 12.7 Å². The average molecular weight is 1980 g/mol. The largest absolute Gasteiger partial charge is 0.433 e. The first kappa shape index (κ1) is 99.2. The van der Waals surface area contributed by atoms with Gasteiger partial charge >= 0.3 is 6.18 Å². The fraction of sp³-hybridized carbons (Fsp3) is 0.312. The second kappa shape index (κ2) is 43.6. The number of hydrogen-bond donors (Lipinski definition) is 7. The van der Waals surface area contributed by atoms with Gasteiger partial charge in [0.1, 0.15) is 22.9 Å². The molecular formula is C109H109F4N23O10. The Morgan fingerprint density at radius 3 is 1.14 bits per heavy atom. The van der Waals surface area contributed by atoms with Crippen LogP contribution in [0.15, 0.2) is 244 Å². The van der Waals surface area contributed by atoms with Crippen molar-refractivity contribution in [2.45, 2.75) is 99.7 Å². The standard InChI is InChI=1S/C37H36FN7O4.C36H35F3N8O3.C36H38N8O3/c1-49-37(36(48)41-29-8-10-32-30(20-29)34(43-42-32)27-7-9-31(38)28(19-27)22-46)13-18-44(23-37)21-33(47)45-16-11-25(12-17-45)24-3-5-26(6-4-24)35-39-14-2-15-40-35;1-50-35(34(49)43-27-7-8-29-28(20-27)32(45-44-29)26-9-15-40-30(19-26)36(37,38)39)12-18-46(22-35)21-31(48)47-16-10-24(11-17-47)23-3-5-25(6-4-23)33-41-13-2-14-42-33;1-24-20-28(10-16-37-24)33-30-21-29(8-9-31(30)41-42-33)40-35(46)36(47-2)13-19-43(23-36)22-32(45)44-17-11-26(12-18-44)25-4-6-27(7-5-25)34-38-14-3-15-39-34/h2-11,14-15,19-20,46H,12-13,16-18,21-23H2,1H3,(H,41,48)(H,42,43);2-9,13-15,19-20,24H,10-12,16-18,21-22H2,1H3,(H,43,49)(H,44,45);3-10,14-16,20-21,26H,11-13,17-19,22-23H2,1-2H3,(H,40,46)(H,41,42)/t37-;35-;36-/m000/s1. The number of pyridine rings is 2. The highest BCUT2D eigenvalue weighted by molar-refractivity contribution is 6.05. The number of fused-ring (bicyclic) bond motifs is 3. The summed E-state index contributed by atoms with van der Waals surface area (Å²) in [6.07, 6.45) is 16.4. The maximum Gasteiger partial charge on any atom is 0.433 e. The number of carbonyl (C=O) groups is 6. The fourth-order valence-electron chi connectivity index (χ4n) is 20.2. The van der Waals surface area contributed by atoms with Crippen molar-refractivity contribution in [1.29, 1.82) is 0 Å². The smallest absolute Gasteiger partial charge is 0.392 e. The van der Waals surface area contributed by atoms with Gasteiger partial charge in [-0.25, -0.2) is 34.3 Å². The minimum absolute atomic E-state index is 0.0160. The molecule has 7 N–H and O–H groups in total. The normalized spacial score (nSPS) is 18.6. The number of H-pyrrole nitrogens is 3. The van der Waals surface area contributed by atoms with Crippen LogP contribution in [0.25, 0.3) is 106 Å². The summed E-state index contributed by atoms with van der Waals surface area (Å²) < 4.78 is 71.3. The minimum atomic E-state index is -4.60. The van der Waals surface area contributed by atoms with Gasteiger partial charge in [-0.3, -0.25) is 68.7 Å². The summed E-state index contributed by atoms with van der Waals surface area (Å²) in [6.45, 7) is 8.60. The number of aromatic amines is 3. The average Bonchev–Trinajstić information content (AvgIpc) is 1.64. The lowest BCUT2D eigenvalue weighted by Gasteiger charge is -2.33. The first-order valence-electron chi connectivity index (χ1n) is 48.6. The molecule has 3 atom stereocenters. The van der Waals surface area contributed by atoms with Crippen molar-refractivity contribution in [3.05, 3.63) is 283 Å². The Kier molecular flexibility index (Phi) is 29.6. The van der Waals surface area contributed by atoms with E-state index in [9.17, 15) is 51.4 Å². The molecule has 6 aliphatic heterocycles. The number of aryl methyl sites for hydroxylation is 1. The van der Waals surface area contributed by atoms with E-state index in [1.807, 2.05) is 103 Å². The number of hydrogen-bond acceptors (Lipinski definition) is 24. The number of amides is 6. The van der Waals surface area contributed by atoms with Crippen LogP contribution in [0.3, 0.4) is 0 Å². The number of rotatable bonds is 25. The predicted molar refractivity (Wildman–Crippen MR) is 543 cm³/mol. The molecule has 0 spiro atoms. The molecule has 0 aliphatic carbocycles. The van der Waals surface area contributed by atoms with Crippen molar-refractivity contribution in [2.24, 2.45) is 0 Å². The Morgan fingerprint density at radius 1 is 0.411 bits per heavy atom. The number of likely N-dealkylation sites (tertiary alicyclic amines) is 5. The molecular weight excluding hydrogens is 1870 g/mol. The first-order chi connectivity index (χ1) is 70.9. The number of aliphatic hydroxyl groups excluding tert-OH is 1. The third-order valence-corrected chi connectivity index (χ3v) is 28.6. The van der Waals surface area contributed by atoms with E-state index in [-0.39, 0.29) is 79.3 Å². The maximum absolute atomic E-state index is 14.0. The molecule has 33 nitrogen and oxygen atoms in total. The summed E-state index contributed by atoms with van der Waals surface area (Å²) in [5.74, 6) is 1.63. The van der Waals surface area contributed by atoms with Gasteiger partial charge in [-0.15, -0.1) is 0 Å². The third kappa shape index (κ3) is 22.1. The number of benzene rings is 7. The van der Waals surface area contributed by atoms with Gasteiger partial charge in [-0.2, -0.15) is 28.5 Å². The summed E-state index contributed by atoms with van der Waals surface area (Å²) in [5, 5.41) is 42.7. The van der Waals surface area contributed by atoms with E-state index < -0.39 is 41.1 Å². The predicted octanol–water partition coefficient (Wildman–Crippen LogP) is 15.0. The Morgan fingerprint density at radius 2 is 0.774 bits per heavy atom. The number of carbonyl (C=O) groups excluding carboxylic acids is 6. The summed E-state index contributed by atoms with van der Waals surface area (Å²) >= 11 is 0. The SMILES string of the molecule is CO[C@@]1(C(=O)Nc2ccc3[nH]nc(-c4ccc(F)c(CO)c4)c3c2)CCN(CC(=O)N2CC=C(c3ccc(-c4ncccn4)cc3)CC2)C1.CO[C@@]1(C(=O)Nc2ccc3[nH]nc(-c4ccnc(C(F)(F)F)c4)c3c2)CCN(CC(=O)N2CCC(c3ccc(-c4ncccn4)cc3)CC2)C1.CO[C@@]1(C(=O)Nc2ccc3[nH]nc(-c4ccnc(C)c4)c3c2)CCN(CC(=O)N2CCC(c3ccc(-c4ncccn4)cc3)CC2)C1. The molecule has 146 heavy (non-hydrogen) atoms. The van der Waals surface area contributed by atoms with Crippen LogP contribution >= 0.6 is 0 Å². The molecule has 37 heteroatoms. The van der Waals surface area contributed by atoms with E-state index in [0.29, 0.717) is 153 Å². The number of aromatic nitrogens is 14. The highest BCUT2D eigenvalue weighted by Crippen LogP contribution is 2.41. The number of anilines is 3. The lowest BCUT2D eigenvalue weighted by Crippen LogP contribution is -2.48. The molecule has 15 aromatic rings. The molecule has 7 aromatic carbocycles. The molecule has 0 unspecified atom stereocenters. The van der Waals surface area contributed by atoms with Crippen LogP contribution in [0.4, 0.5) is 34.6 Å². The van der Waals surface area contributed by atoms with Gasteiger partial charge < -0.3 is 50.0 Å². The van der Waals surface area contributed by atoms with Crippen molar-refractivity contribution < 1.29 is 65.6 Å². The van der Waals surface area contributed by atoms with E-state index in [2.05, 4.69) is 141 Å². The highest BCUT2D eigenvalue weighted by Gasteiger charge is 2.49. The molecule has 0 saturated carbocycles. The molecule has 0 radical (unpaired) electrons. The lowest BCUT2D eigenvalue weighted by atomic mass is 9.89. The lowest BCUT2D eigenvalue weighted by molar-refractivity contribution is -0.141. The van der Waals surface area contributed by atoms with Crippen molar-refractivity contribution in [2.75, 3.05) is 135 Å². The fourth-order valence-corrected chi connectivity index (χ4v) is 20.2. The summed E-state index contributed by atoms with van der Waals surface area (Å²) in [4.78, 5) is 126. The van der Waals surface area contributed by atoms with Crippen LogP contribution in [0.2, 0.25) is 0 Å². The molecule has 14 heterocycles. The van der Waals surface area contributed by atoms with E-state index in [1.54, 1.807) is 105 Å². The topological polar surface area (TPSA) is 395 Å². The van der Waals surface area contributed by atoms with E-state index in [0.717, 1.165) is 111 Å². The monoisotopic (exact) mass is 1980 g/mol. The van der Waals surface area contributed by atoms with Gasteiger partial charge in [0.25, 0.3) is 17.7 Å². The highest BCUT2D eigenvalue weighted by atomic mass is 19.4. The van der Waals surface area contributed by atoms with Gasteiger partial charge in [-0.1, -0.05) is 78.9 Å². The molecule has 0 bridgehead atoms. The van der Waals surface area contributed by atoms with Crippen molar-refractivity contribution in [3.63, 3.8) is 0 Å². The summed E-state index contributed by atoms with van der Waals surface area (Å²) in [7, 11) is 4.57. The van der Waals surface area contributed by atoms with Crippen LogP contribution in [0.1, 0.15) is 96.8 Å². The zero-order chi connectivity index (χ0) is 101. The molecule has 748 valence electrons. The number of ether oxygens (including phenoxy) is 3. The zero-order valence-electron chi connectivity index (χ0n) is 81.0. The molecule has 21 rings (SSSR count). The van der Waals surface area contributed by atoms with Crippen LogP contribution < -0.4 is 16.0 Å². The van der Waals surface area contributed by atoms with Gasteiger partial charge in [0, 0.05) is 227 Å². The van der Waals surface area contributed by atoms with Gasteiger partial charge in [0.05, 0.1) is 48.5 Å². The number of nitrogens with one attached hydrogen (secondary N) is 6. The Balaban J connectivity index is 0.000000138. The molecule has 6 amide bonds. The number of methoxy groups -OCH3 is 3. The minimum Gasteiger partial charge on any atom is -0.392 e. The summed E-state index contributed by atoms with van der Waals surface area (Å²) in [5.41, 5.74) is 11.8. The van der Waals surface area contributed by atoms with Crippen LogP contribution in [-0.4, -0.2) is 277 Å². The number of halogens is 4. The van der Waals surface area contributed by atoms with Crippen LogP contribution in [0.5, 0.6) is 0 Å². The first-order valence-corrected chi connectivity index (χ1v) is 48.6. The number of aliphatic hydroxyl groups is 1. The Bertz CT molecular complexity index is 7280. The Hall–Kier alpha value is -15.5. The number of piperidine rings is 2. The molecule has 6 aliphatic rings. The van der Waals surface area contributed by atoms with Gasteiger partial charge in [0.15, 0.2) is 34.3 Å². The Labute approximate surface area is 838 Å². The second-order valence-electron chi connectivity index (χ2n) is 37.6. The maximum atomic E-state index is 14.0.